The van der Waals surface area contributed by atoms with Crippen molar-refractivity contribution in [3.63, 3.8) is 0 Å². The van der Waals surface area contributed by atoms with Gasteiger partial charge in [0, 0.05) is 18.7 Å². The van der Waals surface area contributed by atoms with Gasteiger partial charge in [0.1, 0.15) is 17.6 Å². The predicted molar refractivity (Wildman–Crippen MR) is 106 cm³/mol. The number of halogens is 1. The monoisotopic (exact) mass is 369 g/mol. The number of benzene rings is 2. The Morgan fingerprint density at radius 3 is 2.88 bits per heavy atom. The maximum Gasteiger partial charge on any atom is 0.128 e. The zero-order valence-electron chi connectivity index (χ0n) is 14.9. The number of rotatable bonds is 5. The summed E-state index contributed by atoms with van der Waals surface area (Å²) in [5.74, 6) is -0.128. The molecule has 0 bridgehead atoms. The minimum absolute atomic E-state index is 0.128. The molecule has 0 saturated heterocycles. The van der Waals surface area contributed by atoms with Crippen LogP contribution in [0.3, 0.4) is 0 Å². The predicted octanol–water partition coefficient (Wildman–Crippen LogP) is 5.25. The first-order valence-electron chi connectivity index (χ1n) is 8.57. The Kier molecular flexibility index (Phi) is 4.46. The van der Waals surface area contributed by atoms with Crippen LogP contribution in [0.25, 0.3) is 20.8 Å². The summed E-state index contributed by atoms with van der Waals surface area (Å²) < 4.78 is 20.6. The van der Waals surface area contributed by atoms with Gasteiger partial charge in [-0.15, -0.1) is 11.3 Å². The van der Waals surface area contributed by atoms with E-state index in [2.05, 4.69) is 23.1 Å². The van der Waals surface area contributed by atoms with Gasteiger partial charge in [-0.2, -0.15) is 0 Å². The van der Waals surface area contributed by atoms with Crippen LogP contribution in [-0.2, 0) is 17.6 Å². The van der Waals surface area contributed by atoms with Gasteiger partial charge < -0.3 is 10.1 Å². The highest BCUT2D eigenvalue weighted by molar-refractivity contribution is 7.22. The first kappa shape index (κ1) is 17.1. The molecule has 0 aliphatic heterocycles. The number of hydrogen-bond donors (Lipinski definition) is 1. The maximum absolute atomic E-state index is 14.4. The number of aliphatic imine (C=N–C) groups is 1. The van der Waals surface area contributed by atoms with E-state index in [4.69, 9.17) is 9.72 Å². The Morgan fingerprint density at radius 1 is 1.31 bits per heavy atom. The van der Waals surface area contributed by atoms with Crippen LogP contribution in [0.2, 0.25) is 0 Å². The Labute approximate surface area is 155 Å². The van der Waals surface area contributed by atoms with Crippen molar-refractivity contribution in [2.75, 3.05) is 19.2 Å². The number of methoxy groups -OCH3 is 1. The lowest BCUT2D eigenvalue weighted by atomic mass is 10.1. The van der Waals surface area contributed by atoms with Crippen molar-refractivity contribution in [3.8, 4) is 10.6 Å². The van der Waals surface area contributed by atoms with Crippen LogP contribution >= 0.6 is 11.3 Å². The smallest absolute Gasteiger partial charge is 0.128 e. The summed E-state index contributed by atoms with van der Waals surface area (Å²) in [6.45, 7) is 6.05. The molecule has 0 unspecified atom stereocenters. The lowest BCUT2D eigenvalue weighted by Gasteiger charge is -2.13. The van der Waals surface area contributed by atoms with Gasteiger partial charge in [-0.25, -0.2) is 9.37 Å². The van der Waals surface area contributed by atoms with E-state index in [1.54, 1.807) is 24.5 Å². The first-order valence-corrected chi connectivity index (χ1v) is 9.39. The molecule has 6 heteroatoms. The molecule has 26 heavy (non-hydrogen) atoms. The number of aryl methyl sites for hydroxylation is 2. The molecule has 134 valence electrons. The van der Waals surface area contributed by atoms with Gasteiger partial charge in [0.2, 0.25) is 0 Å². The molecule has 0 fully saturated rings. The molecule has 4 rings (SSSR count). The fourth-order valence-electron chi connectivity index (χ4n) is 3.62. The normalized spacial score (nSPS) is 13.2. The molecule has 0 amide bonds. The third-order valence-electron chi connectivity index (χ3n) is 4.75. The second-order valence-corrected chi connectivity index (χ2v) is 7.51. The van der Waals surface area contributed by atoms with Crippen molar-refractivity contribution in [2.45, 2.75) is 26.2 Å². The second kappa shape index (κ2) is 6.78. The van der Waals surface area contributed by atoms with E-state index < -0.39 is 0 Å². The zero-order chi connectivity index (χ0) is 18.3. The van der Waals surface area contributed by atoms with E-state index in [0.717, 1.165) is 68.1 Å². The third kappa shape index (κ3) is 2.79. The SMILES string of the molecule is C=Nc1cc(C)cc(-c2nc3cc(F)c4c(c3s2)CCC4)c1NCOC. The molecule has 3 aromatic rings. The van der Waals surface area contributed by atoms with Crippen molar-refractivity contribution in [3.05, 3.63) is 40.7 Å². The number of nitrogens with one attached hydrogen (secondary N) is 1. The van der Waals surface area contributed by atoms with E-state index in [1.165, 1.54) is 0 Å². The number of ether oxygens (including phenoxy) is 1. The van der Waals surface area contributed by atoms with E-state index >= 15 is 0 Å². The highest BCUT2D eigenvalue weighted by Crippen LogP contribution is 2.43. The Balaban J connectivity index is 1.92. The van der Waals surface area contributed by atoms with Gasteiger partial charge in [-0.05, 0) is 61.7 Å². The fraction of sp³-hybridized carbons (Fsp3) is 0.300. The minimum Gasteiger partial charge on any atom is -0.365 e. The molecule has 1 aromatic heterocycles. The Morgan fingerprint density at radius 2 is 2.12 bits per heavy atom. The summed E-state index contributed by atoms with van der Waals surface area (Å²) in [6, 6.07) is 5.62. The van der Waals surface area contributed by atoms with Crippen molar-refractivity contribution in [1.29, 1.82) is 0 Å². The van der Waals surface area contributed by atoms with Crippen LogP contribution in [0.1, 0.15) is 23.1 Å². The van der Waals surface area contributed by atoms with E-state index in [1.807, 2.05) is 13.0 Å². The summed E-state index contributed by atoms with van der Waals surface area (Å²) >= 11 is 1.62. The average Bonchev–Trinajstić information content (AvgIpc) is 3.26. The van der Waals surface area contributed by atoms with Crippen LogP contribution in [0.5, 0.6) is 0 Å². The molecule has 1 aliphatic carbocycles. The number of hydrogen-bond acceptors (Lipinski definition) is 5. The van der Waals surface area contributed by atoms with Gasteiger partial charge in [-0.3, -0.25) is 4.99 Å². The van der Waals surface area contributed by atoms with Crippen LogP contribution in [0, 0.1) is 12.7 Å². The summed E-state index contributed by atoms with van der Waals surface area (Å²) in [6.07, 6.45) is 2.75. The number of fused-ring (bicyclic) bond motifs is 3. The molecule has 0 saturated carbocycles. The van der Waals surface area contributed by atoms with E-state index in [-0.39, 0.29) is 5.82 Å². The zero-order valence-corrected chi connectivity index (χ0v) is 15.7. The maximum atomic E-state index is 14.4. The second-order valence-electron chi connectivity index (χ2n) is 6.51. The summed E-state index contributed by atoms with van der Waals surface area (Å²) in [4.78, 5) is 8.89. The molecular formula is C20H20FN3OS. The molecular weight excluding hydrogens is 349 g/mol. The van der Waals surface area contributed by atoms with Gasteiger partial charge in [0.05, 0.1) is 21.6 Å². The molecule has 1 aliphatic rings. The highest BCUT2D eigenvalue weighted by Gasteiger charge is 2.22. The quantitative estimate of drug-likeness (QED) is 0.494. The molecule has 1 heterocycles. The largest absolute Gasteiger partial charge is 0.365 e. The van der Waals surface area contributed by atoms with Crippen molar-refractivity contribution in [1.82, 2.24) is 4.98 Å². The molecule has 0 spiro atoms. The van der Waals surface area contributed by atoms with E-state index in [0.29, 0.717) is 6.73 Å². The van der Waals surface area contributed by atoms with Gasteiger partial charge in [-0.1, -0.05) is 0 Å². The molecule has 1 N–H and O–H groups in total. The molecule has 0 radical (unpaired) electrons. The van der Waals surface area contributed by atoms with Crippen molar-refractivity contribution >= 4 is 39.6 Å². The number of anilines is 1. The topological polar surface area (TPSA) is 46.5 Å². The molecule has 0 atom stereocenters. The minimum atomic E-state index is -0.128. The van der Waals surface area contributed by atoms with Crippen LogP contribution in [0.4, 0.5) is 15.8 Å². The lowest BCUT2D eigenvalue weighted by Crippen LogP contribution is -2.05. The summed E-state index contributed by atoms with van der Waals surface area (Å²) in [5, 5.41) is 4.11. The lowest BCUT2D eigenvalue weighted by molar-refractivity contribution is 0.221. The number of thiazole rings is 1. The Bertz CT molecular complexity index is 1010. The number of nitrogens with zero attached hydrogens (tertiary/aromatic N) is 2. The average molecular weight is 369 g/mol. The third-order valence-corrected chi connectivity index (χ3v) is 5.92. The standard InChI is InChI=1S/C20H20FN3OS/c1-11-7-14(18(23-10-25-3)16(8-11)22-2)20-24-17-9-15(21)12-5-4-6-13(12)19(17)26-20/h7-9,23H,2,4-6,10H2,1,3H3. The van der Waals surface area contributed by atoms with Gasteiger partial charge in [0.15, 0.2) is 0 Å². The van der Waals surface area contributed by atoms with Crippen LogP contribution in [0.15, 0.2) is 23.2 Å². The summed E-state index contributed by atoms with van der Waals surface area (Å²) in [5.41, 5.74) is 6.33. The van der Waals surface area contributed by atoms with E-state index in [9.17, 15) is 4.39 Å². The molecule has 4 nitrogen and oxygen atoms in total. The first-order chi connectivity index (χ1) is 12.6. The Hall–Kier alpha value is -2.31. The fourth-order valence-corrected chi connectivity index (χ4v) is 4.78. The van der Waals surface area contributed by atoms with Crippen molar-refractivity contribution in [2.24, 2.45) is 4.99 Å². The van der Waals surface area contributed by atoms with Gasteiger partial charge >= 0.3 is 0 Å². The number of aromatic nitrogens is 1. The van der Waals surface area contributed by atoms with Gasteiger partial charge in [0.25, 0.3) is 0 Å². The van der Waals surface area contributed by atoms with Crippen LogP contribution in [-0.4, -0.2) is 25.5 Å². The van der Waals surface area contributed by atoms with Crippen LogP contribution < -0.4 is 5.32 Å². The highest BCUT2D eigenvalue weighted by atomic mass is 32.1. The van der Waals surface area contributed by atoms with Crippen molar-refractivity contribution < 1.29 is 9.13 Å². The molecule has 2 aromatic carbocycles. The summed E-state index contributed by atoms with van der Waals surface area (Å²) in [7, 11) is 1.63.